The molecule has 0 bridgehead atoms. The van der Waals surface area contributed by atoms with Gasteiger partial charge in [0.15, 0.2) is 0 Å². The zero-order chi connectivity index (χ0) is 18.4. The molecule has 1 amide bonds. The standard InChI is InChI=1S/C20H16ClN3O2/c21-19-10-17(7-6-16(19)11-22)23-12-14-3-1-4-15(9-14)20(25)24-13-18-5-2-8-26-18/h1-10,23H,12-13H2,(H,24,25). The van der Waals surface area contributed by atoms with Crippen LogP contribution >= 0.6 is 11.6 Å². The van der Waals surface area contributed by atoms with Crippen molar-refractivity contribution in [1.29, 1.82) is 5.26 Å². The summed E-state index contributed by atoms with van der Waals surface area (Å²) in [7, 11) is 0. The Morgan fingerprint density at radius 1 is 1.12 bits per heavy atom. The highest BCUT2D eigenvalue weighted by Gasteiger charge is 2.07. The summed E-state index contributed by atoms with van der Waals surface area (Å²) < 4.78 is 5.20. The summed E-state index contributed by atoms with van der Waals surface area (Å²) in [4.78, 5) is 12.3. The van der Waals surface area contributed by atoms with Crippen LogP contribution < -0.4 is 10.6 Å². The van der Waals surface area contributed by atoms with Gasteiger partial charge in [-0.15, -0.1) is 0 Å². The predicted octanol–water partition coefficient (Wildman–Crippen LogP) is 4.35. The molecule has 0 saturated carbocycles. The Kier molecular flexibility index (Phi) is 5.57. The molecule has 0 aliphatic heterocycles. The number of hydrogen-bond donors (Lipinski definition) is 2. The zero-order valence-corrected chi connectivity index (χ0v) is 14.6. The van der Waals surface area contributed by atoms with Crippen molar-refractivity contribution in [2.45, 2.75) is 13.1 Å². The minimum atomic E-state index is -0.162. The highest BCUT2D eigenvalue weighted by atomic mass is 35.5. The number of amides is 1. The molecule has 130 valence electrons. The Morgan fingerprint density at radius 3 is 2.73 bits per heavy atom. The number of anilines is 1. The van der Waals surface area contributed by atoms with Gasteiger partial charge in [-0.1, -0.05) is 23.7 Å². The Hall–Kier alpha value is -3.23. The number of carbonyl (C=O) groups is 1. The summed E-state index contributed by atoms with van der Waals surface area (Å²) in [5.41, 5.74) is 2.78. The first kappa shape index (κ1) is 17.6. The molecule has 0 radical (unpaired) electrons. The SMILES string of the molecule is N#Cc1ccc(NCc2cccc(C(=O)NCc3ccco3)c2)cc1Cl. The molecule has 0 spiro atoms. The molecule has 0 aliphatic carbocycles. The number of benzene rings is 2. The Bertz CT molecular complexity index is 946. The highest BCUT2D eigenvalue weighted by Crippen LogP contribution is 2.20. The van der Waals surface area contributed by atoms with Crippen LogP contribution in [-0.2, 0) is 13.1 Å². The zero-order valence-electron chi connectivity index (χ0n) is 13.8. The quantitative estimate of drug-likeness (QED) is 0.680. The van der Waals surface area contributed by atoms with Crippen LogP contribution in [0.1, 0.15) is 27.2 Å². The fourth-order valence-electron chi connectivity index (χ4n) is 2.43. The molecule has 6 heteroatoms. The van der Waals surface area contributed by atoms with Gasteiger partial charge in [0.25, 0.3) is 5.91 Å². The van der Waals surface area contributed by atoms with Crippen LogP contribution in [-0.4, -0.2) is 5.91 Å². The topological polar surface area (TPSA) is 78.1 Å². The number of nitrogens with zero attached hydrogens (tertiary/aromatic N) is 1. The fourth-order valence-corrected chi connectivity index (χ4v) is 2.65. The van der Waals surface area contributed by atoms with E-state index in [0.29, 0.717) is 35.0 Å². The van der Waals surface area contributed by atoms with E-state index in [1.165, 1.54) is 0 Å². The second-order valence-electron chi connectivity index (χ2n) is 5.62. The molecule has 0 saturated heterocycles. The third-order valence-electron chi connectivity index (χ3n) is 3.78. The first-order valence-electron chi connectivity index (χ1n) is 7.99. The molecular formula is C20H16ClN3O2. The molecule has 1 heterocycles. The van der Waals surface area contributed by atoms with E-state index in [2.05, 4.69) is 10.6 Å². The molecule has 1 aromatic heterocycles. The lowest BCUT2D eigenvalue weighted by molar-refractivity contribution is 0.0948. The van der Waals surface area contributed by atoms with Crippen molar-refractivity contribution in [3.05, 3.63) is 88.3 Å². The van der Waals surface area contributed by atoms with E-state index < -0.39 is 0 Å². The third kappa shape index (κ3) is 4.44. The van der Waals surface area contributed by atoms with E-state index in [-0.39, 0.29) is 5.91 Å². The number of nitrogens with one attached hydrogen (secondary N) is 2. The lowest BCUT2D eigenvalue weighted by atomic mass is 10.1. The van der Waals surface area contributed by atoms with Gasteiger partial charge in [0.2, 0.25) is 0 Å². The van der Waals surface area contributed by atoms with E-state index in [9.17, 15) is 4.79 Å². The van der Waals surface area contributed by atoms with Crippen LogP contribution in [0, 0.1) is 11.3 Å². The van der Waals surface area contributed by atoms with E-state index in [0.717, 1.165) is 11.3 Å². The number of carbonyl (C=O) groups excluding carboxylic acids is 1. The molecule has 2 aromatic carbocycles. The summed E-state index contributed by atoms with van der Waals surface area (Å²) in [5.74, 6) is 0.540. The second kappa shape index (κ2) is 8.24. The van der Waals surface area contributed by atoms with Crippen LogP contribution in [0.3, 0.4) is 0 Å². The Labute approximate surface area is 156 Å². The third-order valence-corrected chi connectivity index (χ3v) is 4.09. The Balaban J connectivity index is 1.61. The van der Waals surface area contributed by atoms with E-state index in [1.54, 1.807) is 36.6 Å². The minimum Gasteiger partial charge on any atom is -0.467 e. The second-order valence-corrected chi connectivity index (χ2v) is 6.03. The van der Waals surface area contributed by atoms with Gasteiger partial charge < -0.3 is 15.1 Å². The predicted molar refractivity (Wildman–Crippen MR) is 99.8 cm³/mol. The minimum absolute atomic E-state index is 0.162. The average molecular weight is 366 g/mol. The van der Waals surface area contributed by atoms with Crippen molar-refractivity contribution in [1.82, 2.24) is 5.32 Å². The number of halogens is 1. The van der Waals surface area contributed by atoms with Gasteiger partial charge in [0, 0.05) is 17.8 Å². The van der Waals surface area contributed by atoms with Crippen LogP contribution in [0.2, 0.25) is 5.02 Å². The van der Waals surface area contributed by atoms with E-state index in [4.69, 9.17) is 21.3 Å². The molecule has 0 atom stereocenters. The lowest BCUT2D eigenvalue weighted by Crippen LogP contribution is -2.22. The number of nitriles is 1. The molecule has 0 fully saturated rings. The molecule has 3 rings (SSSR count). The van der Waals surface area contributed by atoms with Gasteiger partial charge in [0.05, 0.1) is 23.4 Å². The van der Waals surface area contributed by atoms with Gasteiger partial charge in [-0.3, -0.25) is 4.79 Å². The van der Waals surface area contributed by atoms with Gasteiger partial charge in [0.1, 0.15) is 11.8 Å². The first-order chi connectivity index (χ1) is 12.7. The monoisotopic (exact) mass is 365 g/mol. The molecular weight excluding hydrogens is 350 g/mol. The summed E-state index contributed by atoms with van der Waals surface area (Å²) in [6, 6.07) is 18.2. The first-order valence-corrected chi connectivity index (χ1v) is 8.36. The molecule has 3 aromatic rings. The summed E-state index contributed by atoms with van der Waals surface area (Å²) in [5, 5.41) is 15.4. The summed E-state index contributed by atoms with van der Waals surface area (Å²) in [6.07, 6.45) is 1.57. The van der Waals surface area contributed by atoms with Crippen LogP contribution in [0.4, 0.5) is 5.69 Å². The van der Waals surface area contributed by atoms with E-state index >= 15 is 0 Å². The van der Waals surface area contributed by atoms with Crippen molar-refractivity contribution in [3.8, 4) is 6.07 Å². The smallest absolute Gasteiger partial charge is 0.251 e. The average Bonchev–Trinajstić information content (AvgIpc) is 3.18. The van der Waals surface area contributed by atoms with Crippen LogP contribution in [0.25, 0.3) is 0 Å². The molecule has 0 unspecified atom stereocenters. The van der Waals surface area contributed by atoms with E-state index in [1.807, 2.05) is 30.3 Å². The summed E-state index contributed by atoms with van der Waals surface area (Å²) in [6.45, 7) is 0.875. The van der Waals surface area contributed by atoms with Crippen molar-refractivity contribution >= 4 is 23.2 Å². The molecule has 5 nitrogen and oxygen atoms in total. The van der Waals surface area contributed by atoms with Gasteiger partial charge in [-0.05, 0) is 48.0 Å². The molecule has 0 aliphatic rings. The van der Waals surface area contributed by atoms with Crippen molar-refractivity contribution in [2.24, 2.45) is 0 Å². The maximum absolute atomic E-state index is 12.3. The maximum Gasteiger partial charge on any atom is 0.251 e. The van der Waals surface area contributed by atoms with Crippen molar-refractivity contribution < 1.29 is 9.21 Å². The van der Waals surface area contributed by atoms with Gasteiger partial charge in [-0.2, -0.15) is 5.26 Å². The number of rotatable bonds is 6. The lowest BCUT2D eigenvalue weighted by Gasteiger charge is -2.09. The van der Waals surface area contributed by atoms with Crippen LogP contribution in [0.15, 0.2) is 65.3 Å². The van der Waals surface area contributed by atoms with Crippen molar-refractivity contribution in [2.75, 3.05) is 5.32 Å². The number of furan rings is 1. The molecule has 2 N–H and O–H groups in total. The molecule has 26 heavy (non-hydrogen) atoms. The highest BCUT2D eigenvalue weighted by molar-refractivity contribution is 6.32. The largest absolute Gasteiger partial charge is 0.467 e. The van der Waals surface area contributed by atoms with Crippen LogP contribution in [0.5, 0.6) is 0 Å². The normalized spacial score (nSPS) is 10.2. The maximum atomic E-state index is 12.3. The van der Waals surface area contributed by atoms with Crippen molar-refractivity contribution in [3.63, 3.8) is 0 Å². The summed E-state index contributed by atoms with van der Waals surface area (Å²) >= 11 is 6.03. The number of hydrogen-bond acceptors (Lipinski definition) is 4. The van der Waals surface area contributed by atoms with Gasteiger partial charge >= 0.3 is 0 Å². The Morgan fingerprint density at radius 2 is 2.00 bits per heavy atom. The van der Waals surface area contributed by atoms with Gasteiger partial charge in [-0.25, -0.2) is 0 Å². The fraction of sp³-hybridized carbons (Fsp3) is 0.100.